The van der Waals surface area contributed by atoms with E-state index in [4.69, 9.17) is 20.9 Å². The van der Waals surface area contributed by atoms with Gasteiger partial charge in [0, 0.05) is 16.8 Å². The molecule has 2 aliphatic carbocycles. The van der Waals surface area contributed by atoms with Crippen molar-refractivity contribution >= 4 is 11.4 Å². The smallest absolute Gasteiger partial charge is 0.127 e. The lowest BCUT2D eigenvalue weighted by atomic mass is 9.60. The Morgan fingerprint density at radius 3 is 1.20 bits per heavy atom. The van der Waals surface area contributed by atoms with Gasteiger partial charge in [0.2, 0.25) is 0 Å². The zero-order chi connectivity index (χ0) is 37.4. The molecule has 0 saturated heterocycles. The number of unbranched alkanes of at least 4 members (excludes halogenated alkanes) is 11. The van der Waals surface area contributed by atoms with Crippen LogP contribution in [-0.4, -0.2) is 0 Å². The molecule has 4 heteroatoms. The second-order valence-corrected chi connectivity index (χ2v) is 16.8. The summed E-state index contributed by atoms with van der Waals surface area (Å²) in [6, 6.07) is 32.9. The van der Waals surface area contributed by atoms with E-state index in [-0.39, 0.29) is 5.41 Å². The number of anilines is 2. The van der Waals surface area contributed by atoms with Gasteiger partial charge < -0.3 is 20.9 Å². The van der Waals surface area contributed by atoms with E-state index in [1.807, 2.05) is 48.5 Å². The number of hydrogen-bond donors (Lipinski definition) is 2. The molecular formula is C50H68N2O2. The van der Waals surface area contributed by atoms with Crippen LogP contribution in [0.25, 0.3) is 0 Å². The van der Waals surface area contributed by atoms with Crippen molar-refractivity contribution in [3.8, 4) is 23.0 Å². The van der Waals surface area contributed by atoms with Gasteiger partial charge in [-0.25, -0.2) is 0 Å². The summed E-state index contributed by atoms with van der Waals surface area (Å²) in [5.74, 6) is 6.00. The molecule has 4 aromatic rings. The third-order valence-electron chi connectivity index (χ3n) is 13.0. The minimum Gasteiger partial charge on any atom is -0.457 e. The predicted molar refractivity (Wildman–Crippen MR) is 229 cm³/mol. The maximum Gasteiger partial charge on any atom is 0.127 e. The fourth-order valence-corrected chi connectivity index (χ4v) is 9.60. The van der Waals surface area contributed by atoms with Gasteiger partial charge in [0.05, 0.1) is 0 Å². The summed E-state index contributed by atoms with van der Waals surface area (Å²) in [4.78, 5) is 0. The SMILES string of the molecule is CCCCCCCCCCCCCC[C@H]1CC[C@H](C2CCC(c3ccc(Oc4ccc(N)cc4)cc3)(c3ccc(Oc4ccc(N)cc4)cc3)CC2)CC1. The van der Waals surface area contributed by atoms with E-state index in [0.29, 0.717) is 0 Å². The lowest BCUT2D eigenvalue weighted by molar-refractivity contribution is 0.140. The van der Waals surface area contributed by atoms with Gasteiger partial charge in [-0.05, 0) is 140 Å². The normalized spacial score (nSPS) is 18.7. The van der Waals surface area contributed by atoms with Gasteiger partial charge in [0.15, 0.2) is 0 Å². The monoisotopic (exact) mass is 729 g/mol. The second kappa shape index (κ2) is 20.7. The first-order valence-electron chi connectivity index (χ1n) is 21.8. The first kappa shape index (κ1) is 39.8. The number of ether oxygens (including phenoxy) is 2. The zero-order valence-electron chi connectivity index (χ0n) is 33.3. The Morgan fingerprint density at radius 2 is 0.796 bits per heavy atom. The fourth-order valence-electron chi connectivity index (χ4n) is 9.60. The molecule has 2 fully saturated rings. The standard InChI is InChI=1S/C50H68N2O2/c1-2-3-4-5-6-7-8-9-10-11-12-13-14-39-15-17-40(18-16-39)41-35-37-50(38-36-41,42-19-27-46(28-20-42)53-48-31-23-44(51)24-32-48)43-21-29-47(30-22-43)54-49-33-25-45(52)26-34-49/h19-34,39-41H,2-18,35-38,51-52H2,1H3/t39-,40-. The van der Waals surface area contributed by atoms with Crippen molar-refractivity contribution in [1.82, 2.24) is 0 Å². The Morgan fingerprint density at radius 1 is 0.444 bits per heavy atom. The quantitative estimate of drug-likeness (QED) is 0.0702. The minimum atomic E-state index is -0.0260. The highest BCUT2D eigenvalue weighted by atomic mass is 16.5. The van der Waals surface area contributed by atoms with Crippen molar-refractivity contribution in [2.75, 3.05) is 11.5 Å². The van der Waals surface area contributed by atoms with E-state index in [9.17, 15) is 0 Å². The molecule has 54 heavy (non-hydrogen) atoms. The number of rotatable bonds is 20. The molecule has 0 amide bonds. The van der Waals surface area contributed by atoms with Gasteiger partial charge in [-0.3, -0.25) is 0 Å². The van der Waals surface area contributed by atoms with Gasteiger partial charge in [-0.15, -0.1) is 0 Å². The molecule has 2 aliphatic rings. The van der Waals surface area contributed by atoms with Crippen molar-refractivity contribution in [2.45, 2.75) is 147 Å². The molecule has 0 heterocycles. The molecule has 0 unspecified atom stereocenters. The molecule has 0 aromatic heterocycles. The largest absolute Gasteiger partial charge is 0.457 e. The van der Waals surface area contributed by atoms with Crippen LogP contribution in [0.4, 0.5) is 11.4 Å². The van der Waals surface area contributed by atoms with Gasteiger partial charge in [0.1, 0.15) is 23.0 Å². The van der Waals surface area contributed by atoms with Gasteiger partial charge in [-0.1, -0.05) is 128 Å². The van der Waals surface area contributed by atoms with Crippen LogP contribution in [0.1, 0.15) is 153 Å². The van der Waals surface area contributed by atoms with Crippen LogP contribution in [0.2, 0.25) is 0 Å². The van der Waals surface area contributed by atoms with Crippen molar-refractivity contribution in [2.24, 2.45) is 17.8 Å². The van der Waals surface area contributed by atoms with Gasteiger partial charge in [-0.2, -0.15) is 0 Å². The first-order valence-corrected chi connectivity index (χ1v) is 21.8. The van der Waals surface area contributed by atoms with Crippen LogP contribution >= 0.6 is 0 Å². The van der Waals surface area contributed by atoms with E-state index in [2.05, 4.69) is 55.5 Å². The average molecular weight is 729 g/mol. The lowest BCUT2D eigenvalue weighted by Gasteiger charge is -2.44. The highest BCUT2D eigenvalue weighted by Crippen LogP contribution is 2.51. The first-order chi connectivity index (χ1) is 26.5. The van der Waals surface area contributed by atoms with Crippen LogP contribution in [-0.2, 0) is 5.41 Å². The molecule has 0 aliphatic heterocycles. The van der Waals surface area contributed by atoms with E-state index in [1.165, 1.54) is 146 Å². The molecule has 4 N–H and O–H groups in total. The molecule has 2 saturated carbocycles. The third kappa shape index (κ3) is 11.5. The molecule has 0 spiro atoms. The van der Waals surface area contributed by atoms with Crippen LogP contribution < -0.4 is 20.9 Å². The van der Waals surface area contributed by atoms with Gasteiger partial charge >= 0.3 is 0 Å². The summed E-state index contributed by atoms with van der Waals surface area (Å²) in [6.45, 7) is 2.30. The highest BCUT2D eigenvalue weighted by molar-refractivity contribution is 5.47. The summed E-state index contributed by atoms with van der Waals surface area (Å²) in [5.41, 5.74) is 16.0. The third-order valence-corrected chi connectivity index (χ3v) is 13.0. The Balaban J connectivity index is 1.00. The summed E-state index contributed by atoms with van der Waals surface area (Å²) >= 11 is 0. The Labute approximate surface area is 327 Å². The predicted octanol–water partition coefficient (Wildman–Crippen LogP) is 14.8. The molecule has 4 nitrogen and oxygen atoms in total. The Kier molecular flexibility index (Phi) is 15.2. The Hall–Kier alpha value is -3.92. The maximum atomic E-state index is 6.19. The van der Waals surface area contributed by atoms with Crippen molar-refractivity contribution in [3.05, 3.63) is 108 Å². The topological polar surface area (TPSA) is 70.5 Å². The van der Waals surface area contributed by atoms with Crippen LogP contribution in [0, 0.1) is 17.8 Å². The van der Waals surface area contributed by atoms with Gasteiger partial charge in [0.25, 0.3) is 0 Å². The number of nitrogen functional groups attached to an aromatic ring is 2. The summed E-state index contributed by atoms with van der Waals surface area (Å²) < 4.78 is 12.4. The number of benzene rings is 4. The summed E-state index contributed by atoms with van der Waals surface area (Å²) in [5, 5.41) is 0. The minimum absolute atomic E-state index is 0.0260. The summed E-state index contributed by atoms with van der Waals surface area (Å²) in [7, 11) is 0. The number of nitrogens with two attached hydrogens (primary N) is 2. The van der Waals surface area contributed by atoms with Crippen molar-refractivity contribution < 1.29 is 9.47 Å². The molecule has 6 rings (SSSR count). The molecule has 0 bridgehead atoms. The Bertz CT molecular complexity index is 1520. The van der Waals surface area contributed by atoms with E-state index in [0.717, 1.165) is 52.1 Å². The summed E-state index contributed by atoms with van der Waals surface area (Å²) in [6.07, 6.45) is 29.5. The zero-order valence-corrected chi connectivity index (χ0v) is 33.3. The molecule has 290 valence electrons. The van der Waals surface area contributed by atoms with E-state index in [1.54, 1.807) is 0 Å². The van der Waals surface area contributed by atoms with Crippen LogP contribution in [0.15, 0.2) is 97.1 Å². The molecular weight excluding hydrogens is 661 g/mol. The van der Waals surface area contributed by atoms with Crippen LogP contribution in [0.5, 0.6) is 23.0 Å². The van der Waals surface area contributed by atoms with Crippen LogP contribution in [0.3, 0.4) is 0 Å². The van der Waals surface area contributed by atoms with Crippen molar-refractivity contribution in [3.63, 3.8) is 0 Å². The highest BCUT2D eigenvalue weighted by Gasteiger charge is 2.41. The maximum absolute atomic E-state index is 6.19. The molecule has 0 atom stereocenters. The van der Waals surface area contributed by atoms with E-state index < -0.39 is 0 Å². The molecule has 0 radical (unpaired) electrons. The lowest BCUT2D eigenvalue weighted by Crippen LogP contribution is -2.35. The number of hydrogen-bond acceptors (Lipinski definition) is 4. The van der Waals surface area contributed by atoms with Crippen molar-refractivity contribution in [1.29, 1.82) is 0 Å². The fraction of sp³-hybridized carbons (Fsp3) is 0.520. The second-order valence-electron chi connectivity index (χ2n) is 16.8. The molecule has 4 aromatic carbocycles. The van der Waals surface area contributed by atoms with E-state index >= 15 is 0 Å². The average Bonchev–Trinajstić information content (AvgIpc) is 3.21.